The summed E-state index contributed by atoms with van der Waals surface area (Å²) in [5.74, 6) is 0.250. The zero-order valence-corrected chi connectivity index (χ0v) is 17.7. The molecule has 4 rings (SSSR count). The van der Waals surface area contributed by atoms with Crippen LogP contribution in [0, 0.1) is 5.82 Å². The van der Waals surface area contributed by atoms with Crippen LogP contribution in [0.3, 0.4) is 0 Å². The third kappa shape index (κ3) is 3.81. The average Bonchev–Trinajstić information content (AvgIpc) is 3.16. The van der Waals surface area contributed by atoms with Crippen molar-refractivity contribution >= 4 is 22.5 Å². The SMILES string of the molecule is CC(C)(CO)c1cc2c(OCc3ccccc3)cccc2n1-c1ccc(Cl)c(F)c1. The molecule has 0 aliphatic carbocycles. The van der Waals surface area contributed by atoms with Crippen molar-refractivity contribution in [3.63, 3.8) is 0 Å². The maximum atomic E-state index is 14.2. The number of fused-ring (bicyclic) bond motifs is 1. The predicted octanol–water partition coefficient (Wildman–Crippen LogP) is 6.27. The van der Waals surface area contributed by atoms with Gasteiger partial charge in [0.15, 0.2) is 0 Å². The quantitative estimate of drug-likeness (QED) is 0.396. The highest BCUT2D eigenvalue weighted by molar-refractivity contribution is 6.30. The lowest BCUT2D eigenvalue weighted by Crippen LogP contribution is -2.25. The first-order valence-corrected chi connectivity index (χ1v) is 10.2. The molecule has 0 spiro atoms. The van der Waals surface area contributed by atoms with Gasteiger partial charge in [-0.2, -0.15) is 0 Å². The van der Waals surface area contributed by atoms with Crippen molar-refractivity contribution in [3.8, 4) is 11.4 Å². The third-order valence-corrected chi connectivity index (χ3v) is 5.60. The number of benzene rings is 3. The number of hydrogen-bond donors (Lipinski definition) is 1. The fourth-order valence-corrected chi connectivity index (χ4v) is 3.66. The number of halogens is 2. The van der Waals surface area contributed by atoms with Gasteiger partial charge in [-0.25, -0.2) is 4.39 Å². The van der Waals surface area contributed by atoms with Crippen LogP contribution in [0.4, 0.5) is 4.39 Å². The number of ether oxygens (including phenoxy) is 1. The zero-order valence-electron chi connectivity index (χ0n) is 16.9. The fourth-order valence-electron chi connectivity index (χ4n) is 3.55. The molecule has 0 saturated carbocycles. The Kier molecular flexibility index (Phi) is 5.54. The Morgan fingerprint density at radius 2 is 1.77 bits per heavy atom. The van der Waals surface area contributed by atoms with E-state index in [-0.39, 0.29) is 11.6 Å². The van der Waals surface area contributed by atoms with Crippen LogP contribution in [0.15, 0.2) is 72.8 Å². The van der Waals surface area contributed by atoms with Gasteiger partial charge in [-0.1, -0.05) is 61.8 Å². The number of hydrogen-bond acceptors (Lipinski definition) is 2. The molecule has 0 amide bonds. The van der Waals surface area contributed by atoms with Gasteiger partial charge in [-0.15, -0.1) is 0 Å². The minimum absolute atomic E-state index is 0.0560. The molecule has 4 aromatic rings. The standard InChI is InChI=1S/C25H23ClFNO2/c1-25(2,16-29)24-14-19-22(28(24)18-11-12-20(26)21(27)13-18)9-6-10-23(19)30-15-17-7-4-3-5-8-17/h3-14,29H,15-16H2,1-2H3. The topological polar surface area (TPSA) is 34.4 Å². The molecule has 0 fully saturated rings. The molecular weight excluding hydrogens is 401 g/mol. The van der Waals surface area contributed by atoms with E-state index in [9.17, 15) is 9.50 Å². The predicted molar refractivity (Wildman–Crippen MR) is 119 cm³/mol. The van der Waals surface area contributed by atoms with E-state index in [4.69, 9.17) is 16.3 Å². The highest BCUT2D eigenvalue weighted by Gasteiger charge is 2.27. The lowest BCUT2D eigenvalue weighted by Gasteiger charge is -2.24. The van der Waals surface area contributed by atoms with Crippen LogP contribution in [0.5, 0.6) is 5.75 Å². The van der Waals surface area contributed by atoms with Crippen molar-refractivity contribution in [2.75, 3.05) is 6.61 Å². The van der Waals surface area contributed by atoms with Gasteiger partial charge in [-0.05, 0) is 42.0 Å². The van der Waals surface area contributed by atoms with Crippen LogP contribution < -0.4 is 4.74 Å². The molecule has 0 atom stereocenters. The van der Waals surface area contributed by atoms with E-state index in [0.717, 1.165) is 27.9 Å². The summed E-state index contributed by atoms with van der Waals surface area (Å²) in [7, 11) is 0. The molecule has 0 aliphatic rings. The normalized spacial score (nSPS) is 11.8. The molecule has 0 bridgehead atoms. The van der Waals surface area contributed by atoms with E-state index in [0.29, 0.717) is 12.3 Å². The van der Waals surface area contributed by atoms with E-state index in [1.165, 1.54) is 6.07 Å². The van der Waals surface area contributed by atoms with Gasteiger partial charge in [-0.3, -0.25) is 0 Å². The second-order valence-corrected chi connectivity index (χ2v) is 8.38. The number of aliphatic hydroxyl groups is 1. The van der Waals surface area contributed by atoms with Gasteiger partial charge in [0.1, 0.15) is 18.2 Å². The largest absolute Gasteiger partial charge is 0.488 e. The first-order valence-electron chi connectivity index (χ1n) is 9.79. The maximum Gasteiger partial charge on any atom is 0.143 e. The number of aliphatic hydroxyl groups excluding tert-OH is 1. The monoisotopic (exact) mass is 423 g/mol. The highest BCUT2D eigenvalue weighted by atomic mass is 35.5. The lowest BCUT2D eigenvalue weighted by atomic mass is 9.90. The minimum atomic E-state index is -0.550. The molecular formula is C25H23ClFNO2. The van der Waals surface area contributed by atoms with Gasteiger partial charge in [0.2, 0.25) is 0 Å². The second-order valence-electron chi connectivity index (χ2n) is 7.97. The Bertz CT molecular complexity index is 1180. The summed E-state index contributed by atoms with van der Waals surface area (Å²) < 4.78 is 22.3. The van der Waals surface area contributed by atoms with E-state index < -0.39 is 11.2 Å². The second kappa shape index (κ2) is 8.13. The molecule has 3 aromatic carbocycles. The summed E-state index contributed by atoms with van der Waals surface area (Å²) in [6.45, 7) is 4.29. The Morgan fingerprint density at radius 3 is 2.47 bits per heavy atom. The first kappa shape index (κ1) is 20.5. The average molecular weight is 424 g/mol. The van der Waals surface area contributed by atoms with Crippen LogP contribution >= 0.6 is 11.6 Å². The third-order valence-electron chi connectivity index (χ3n) is 5.29. The summed E-state index contributed by atoms with van der Waals surface area (Å²) in [4.78, 5) is 0. The Hall–Kier alpha value is -2.82. The smallest absolute Gasteiger partial charge is 0.143 e. The molecule has 0 aliphatic heterocycles. The van der Waals surface area contributed by atoms with E-state index >= 15 is 0 Å². The molecule has 0 saturated heterocycles. The fraction of sp³-hybridized carbons (Fsp3) is 0.200. The van der Waals surface area contributed by atoms with Crippen LogP contribution in [0.2, 0.25) is 5.02 Å². The first-order chi connectivity index (χ1) is 14.4. The van der Waals surface area contributed by atoms with Crippen molar-refractivity contribution in [2.45, 2.75) is 25.9 Å². The van der Waals surface area contributed by atoms with Crippen LogP contribution in [0.1, 0.15) is 25.1 Å². The Labute approximate surface area is 180 Å². The van der Waals surface area contributed by atoms with E-state index in [1.54, 1.807) is 12.1 Å². The van der Waals surface area contributed by atoms with Crippen LogP contribution in [0.25, 0.3) is 16.6 Å². The van der Waals surface area contributed by atoms with Gasteiger partial charge in [0.05, 0.1) is 17.1 Å². The summed E-state index contributed by atoms with van der Waals surface area (Å²) in [5, 5.41) is 11.0. The van der Waals surface area contributed by atoms with Gasteiger partial charge < -0.3 is 14.4 Å². The number of aromatic nitrogens is 1. The molecule has 1 N–H and O–H groups in total. The van der Waals surface area contributed by atoms with Gasteiger partial charge in [0, 0.05) is 22.2 Å². The maximum absolute atomic E-state index is 14.2. The molecule has 5 heteroatoms. The van der Waals surface area contributed by atoms with E-state index in [2.05, 4.69) is 0 Å². The molecule has 154 valence electrons. The molecule has 1 heterocycles. The van der Waals surface area contributed by atoms with Crippen molar-refractivity contribution < 1.29 is 14.2 Å². The molecule has 30 heavy (non-hydrogen) atoms. The van der Waals surface area contributed by atoms with Crippen molar-refractivity contribution in [2.24, 2.45) is 0 Å². The Morgan fingerprint density at radius 1 is 1.00 bits per heavy atom. The van der Waals surface area contributed by atoms with E-state index in [1.807, 2.05) is 73.0 Å². The van der Waals surface area contributed by atoms with Gasteiger partial charge >= 0.3 is 0 Å². The van der Waals surface area contributed by atoms with Crippen molar-refractivity contribution in [1.82, 2.24) is 4.57 Å². The zero-order chi connectivity index (χ0) is 21.3. The highest BCUT2D eigenvalue weighted by Crippen LogP contribution is 2.37. The lowest BCUT2D eigenvalue weighted by molar-refractivity contribution is 0.214. The van der Waals surface area contributed by atoms with Crippen molar-refractivity contribution in [3.05, 3.63) is 94.9 Å². The van der Waals surface area contributed by atoms with Crippen LogP contribution in [-0.4, -0.2) is 16.3 Å². The Balaban J connectivity index is 1.87. The number of rotatable bonds is 6. The molecule has 0 radical (unpaired) electrons. The number of nitrogens with zero attached hydrogens (tertiary/aromatic N) is 1. The summed E-state index contributed by atoms with van der Waals surface area (Å²) in [5.41, 5.74) is 2.90. The van der Waals surface area contributed by atoms with Crippen LogP contribution in [-0.2, 0) is 12.0 Å². The summed E-state index contributed by atoms with van der Waals surface area (Å²) in [6.07, 6.45) is 0. The van der Waals surface area contributed by atoms with Crippen molar-refractivity contribution in [1.29, 1.82) is 0 Å². The van der Waals surface area contributed by atoms with Gasteiger partial charge in [0.25, 0.3) is 0 Å². The summed E-state index contributed by atoms with van der Waals surface area (Å²) >= 11 is 5.90. The molecule has 3 nitrogen and oxygen atoms in total. The molecule has 1 aromatic heterocycles. The minimum Gasteiger partial charge on any atom is -0.488 e. The molecule has 0 unspecified atom stereocenters. The summed E-state index contributed by atoms with van der Waals surface area (Å²) in [6, 6.07) is 22.5.